The molecular formula is C22H26O5. The van der Waals surface area contributed by atoms with Crippen LogP contribution in [-0.4, -0.2) is 32.1 Å². The summed E-state index contributed by atoms with van der Waals surface area (Å²) in [6.07, 6.45) is -0.922. The quantitative estimate of drug-likeness (QED) is 0.556. The van der Waals surface area contributed by atoms with Gasteiger partial charge in [0, 0.05) is 5.56 Å². The van der Waals surface area contributed by atoms with Gasteiger partial charge in [0.25, 0.3) is 0 Å². The molecule has 27 heavy (non-hydrogen) atoms. The van der Waals surface area contributed by atoms with Crippen molar-refractivity contribution >= 4 is 11.8 Å². The number of carbonyl (C=O) groups excluding carboxylic acids is 2. The Kier molecular flexibility index (Phi) is 6.26. The lowest BCUT2D eigenvalue weighted by Crippen LogP contribution is -2.25. The molecule has 0 radical (unpaired) electrons. The zero-order chi connectivity index (χ0) is 20.2. The molecule has 2 aromatic carbocycles. The number of esters is 1. The molecule has 1 atom stereocenters. The Bertz CT molecular complexity index is 816. The van der Waals surface area contributed by atoms with Gasteiger partial charge in [-0.05, 0) is 30.0 Å². The zero-order valence-electron chi connectivity index (χ0n) is 16.7. The number of carbonyl (C=O) groups is 2. The minimum atomic E-state index is -0.922. The van der Waals surface area contributed by atoms with Gasteiger partial charge < -0.3 is 14.2 Å². The Hall–Kier alpha value is -2.82. The molecule has 0 bridgehead atoms. The Labute approximate surface area is 160 Å². The minimum Gasteiger partial charge on any atom is -0.493 e. The molecule has 2 aromatic rings. The molecule has 0 saturated heterocycles. The van der Waals surface area contributed by atoms with E-state index in [0.717, 1.165) is 5.56 Å². The third-order valence-electron chi connectivity index (χ3n) is 4.31. The lowest BCUT2D eigenvalue weighted by Gasteiger charge is -2.19. The molecule has 0 N–H and O–H groups in total. The Morgan fingerprint density at radius 2 is 1.56 bits per heavy atom. The van der Waals surface area contributed by atoms with Crippen molar-refractivity contribution < 1.29 is 23.8 Å². The first kappa shape index (κ1) is 20.5. The zero-order valence-corrected chi connectivity index (χ0v) is 16.7. The van der Waals surface area contributed by atoms with Crippen molar-refractivity contribution in [1.29, 1.82) is 0 Å². The van der Waals surface area contributed by atoms with Crippen molar-refractivity contribution in [3.8, 4) is 11.5 Å². The van der Waals surface area contributed by atoms with Crippen LogP contribution in [0.1, 0.15) is 54.0 Å². The van der Waals surface area contributed by atoms with Gasteiger partial charge in [-0.2, -0.15) is 0 Å². The van der Waals surface area contributed by atoms with Crippen LogP contribution in [0.5, 0.6) is 11.5 Å². The topological polar surface area (TPSA) is 61.8 Å². The van der Waals surface area contributed by atoms with Crippen molar-refractivity contribution in [2.24, 2.45) is 0 Å². The molecule has 0 saturated carbocycles. The molecular weight excluding hydrogens is 344 g/mol. The number of Topliss-reactive ketones (excluding diaryl/α,β-unsaturated/α-hetero) is 1. The number of para-hydroxylation sites is 1. The molecule has 0 aliphatic rings. The predicted molar refractivity (Wildman–Crippen MR) is 104 cm³/mol. The van der Waals surface area contributed by atoms with Crippen molar-refractivity contribution in [3.63, 3.8) is 0 Å². The molecule has 0 unspecified atom stereocenters. The SMILES string of the molecule is COc1cccc(C(=O)O[C@H](C)C(=O)c2ccc(C(C)(C)C)cc2)c1OC. The maximum absolute atomic E-state index is 12.6. The van der Waals surface area contributed by atoms with E-state index in [1.807, 2.05) is 12.1 Å². The number of rotatable bonds is 6. The van der Waals surface area contributed by atoms with E-state index >= 15 is 0 Å². The average molecular weight is 370 g/mol. The second-order valence-corrected chi connectivity index (χ2v) is 7.28. The summed E-state index contributed by atoms with van der Waals surface area (Å²) in [5, 5.41) is 0. The first-order valence-electron chi connectivity index (χ1n) is 8.75. The summed E-state index contributed by atoms with van der Waals surface area (Å²) >= 11 is 0. The fourth-order valence-corrected chi connectivity index (χ4v) is 2.69. The Morgan fingerprint density at radius 3 is 2.07 bits per heavy atom. The van der Waals surface area contributed by atoms with Crippen LogP contribution in [0.25, 0.3) is 0 Å². The maximum Gasteiger partial charge on any atom is 0.342 e. The third kappa shape index (κ3) is 4.67. The van der Waals surface area contributed by atoms with Crippen molar-refractivity contribution in [3.05, 3.63) is 59.2 Å². The van der Waals surface area contributed by atoms with Gasteiger partial charge in [0.2, 0.25) is 5.78 Å². The summed E-state index contributed by atoms with van der Waals surface area (Å²) < 4.78 is 15.8. The predicted octanol–water partition coefficient (Wildman–Crippen LogP) is 4.43. The highest BCUT2D eigenvalue weighted by Gasteiger charge is 2.24. The molecule has 0 aliphatic carbocycles. The first-order valence-corrected chi connectivity index (χ1v) is 8.75. The van der Waals surface area contributed by atoms with Crippen LogP contribution in [0.15, 0.2) is 42.5 Å². The van der Waals surface area contributed by atoms with E-state index in [2.05, 4.69) is 20.8 Å². The molecule has 0 aromatic heterocycles. The smallest absolute Gasteiger partial charge is 0.342 e. The number of benzene rings is 2. The summed E-state index contributed by atoms with van der Waals surface area (Å²) in [7, 11) is 2.93. The van der Waals surface area contributed by atoms with Crippen LogP contribution in [-0.2, 0) is 10.2 Å². The monoisotopic (exact) mass is 370 g/mol. The van der Waals surface area contributed by atoms with Gasteiger partial charge in [-0.3, -0.25) is 4.79 Å². The van der Waals surface area contributed by atoms with Crippen LogP contribution in [0.2, 0.25) is 0 Å². The second-order valence-electron chi connectivity index (χ2n) is 7.28. The number of hydrogen-bond donors (Lipinski definition) is 0. The molecule has 5 heteroatoms. The number of ether oxygens (including phenoxy) is 3. The third-order valence-corrected chi connectivity index (χ3v) is 4.31. The van der Waals surface area contributed by atoms with E-state index in [4.69, 9.17) is 14.2 Å². The van der Waals surface area contributed by atoms with Crippen LogP contribution >= 0.6 is 0 Å². The highest BCUT2D eigenvalue weighted by Crippen LogP contribution is 2.31. The van der Waals surface area contributed by atoms with Gasteiger partial charge in [-0.15, -0.1) is 0 Å². The van der Waals surface area contributed by atoms with Crippen molar-refractivity contribution in [2.75, 3.05) is 14.2 Å². The van der Waals surface area contributed by atoms with Gasteiger partial charge in [0.15, 0.2) is 17.6 Å². The fourth-order valence-electron chi connectivity index (χ4n) is 2.69. The van der Waals surface area contributed by atoms with Crippen LogP contribution < -0.4 is 9.47 Å². The van der Waals surface area contributed by atoms with Crippen LogP contribution in [0.3, 0.4) is 0 Å². The highest BCUT2D eigenvalue weighted by molar-refractivity contribution is 6.02. The van der Waals surface area contributed by atoms with E-state index < -0.39 is 12.1 Å². The van der Waals surface area contributed by atoms with Crippen molar-refractivity contribution in [1.82, 2.24) is 0 Å². The summed E-state index contributed by atoms with van der Waals surface area (Å²) in [5.74, 6) is -0.202. The first-order chi connectivity index (χ1) is 12.7. The number of hydrogen-bond acceptors (Lipinski definition) is 5. The molecule has 0 heterocycles. The molecule has 144 valence electrons. The van der Waals surface area contributed by atoms with Gasteiger partial charge in [0.1, 0.15) is 5.56 Å². The number of methoxy groups -OCH3 is 2. The van der Waals surface area contributed by atoms with E-state index in [0.29, 0.717) is 11.3 Å². The lowest BCUT2D eigenvalue weighted by atomic mass is 9.86. The molecule has 5 nitrogen and oxygen atoms in total. The van der Waals surface area contributed by atoms with Crippen LogP contribution in [0.4, 0.5) is 0 Å². The van der Waals surface area contributed by atoms with E-state index in [1.165, 1.54) is 14.2 Å². The van der Waals surface area contributed by atoms with Gasteiger partial charge in [-0.1, -0.05) is 51.1 Å². The van der Waals surface area contributed by atoms with Gasteiger partial charge in [-0.25, -0.2) is 4.79 Å². The Morgan fingerprint density at radius 1 is 0.926 bits per heavy atom. The summed E-state index contributed by atoms with van der Waals surface area (Å²) in [5.41, 5.74) is 1.84. The highest BCUT2D eigenvalue weighted by atomic mass is 16.6. The summed E-state index contributed by atoms with van der Waals surface area (Å²) in [6, 6.07) is 12.3. The molecule has 0 aliphatic heterocycles. The van der Waals surface area contributed by atoms with E-state index in [-0.39, 0.29) is 22.5 Å². The fraction of sp³-hybridized carbons (Fsp3) is 0.364. The lowest BCUT2D eigenvalue weighted by molar-refractivity contribution is 0.0315. The van der Waals surface area contributed by atoms with Gasteiger partial charge in [0.05, 0.1) is 14.2 Å². The standard InChI is InChI=1S/C22H26O5/c1-14(19(23)15-10-12-16(13-11-15)22(2,3)4)27-21(24)17-8-7-9-18(25-5)20(17)26-6/h7-14H,1-6H3/t14-/m1/s1. The van der Waals surface area contributed by atoms with Crippen LogP contribution in [0, 0.1) is 0 Å². The molecule has 2 rings (SSSR count). The summed E-state index contributed by atoms with van der Waals surface area (Å²) in [6.45, 7) is 7.88. The Balaban J connectivity index is 2.16. The van der Waals surface area contributed by atoms with E-state index in [1.54, 1.807) is 37.3 Å². The maximum atomic E-state index is 12.6. The largest absolute Gasteiger partial charge is 0.493 e. The minimum absolute atomic E-state index is 0.00256. The normalized spacial score (nSPS) is 12.2. The average Bonchev–Trinajstić information content (AvgIpc) is 2.65. The number of ketones is 1. The second kappa shape index (κ2) is 8.25. The molecule has 0 fully saturated rings. The van der Waals surface area contributed by atoms with Crippen molar-refractivity contribution in [2.45, 2.75) is 39.2 Å². The molecule has 0 spiro atoms. The molecule has 0 amide bonds. The summed E-state index contributed by atoms with van der Waals surface area (Å²) in [4.78, 5) is 25.1. The van der Waals surface area contributed by atoms with Gasteiger partial charge >= 0.3 is 5.97 Å². The van der Waals surface area contributed by atoms with E-state index in [9.17, 15) is 9.59 Å².